The normalized spacial score (nSPS) is 11.5. The lowest BCUT2D eigenvalue weighted by Gasteiger charge is -2.11. The molecule has 0 amide bonds. The molecule has 26 heavy (non-hydrogen) atoms. The van der Waals surface area contributed by atoms with Gasteiger partial charge in [-0.3, -0.25) is 0 Å². The van der Waals surface area contributed by atoms with Crippen LogP contribution >= 0.6 is 0 Å². The number of anilines is 2. The van der Waals surface area contributed by atoms with E-state index in [4.69, 9.17) is 0 Å². The first kappa shape index (κ1) is 16.0. The maximum Gasteiger partial charge on any atom is 0.265 e. The molecular weight excluding hydrogens is 326 g/mol. The van der Waals surface area contributed by atoms with Crippen LogP contribution in [-0.2, 0) is 0 Å². The van der Waals surface area contributed by atoms with Crippen molar-refractivity contribution in [3.8, 4) is 0 Å². The van der Waals surface area contributed by atoms with Gasteiger partial charge in [0, 0.05) is 25.2 Å². The molecule has 2 heterocycles. The van der Waals surface area contributed by atoms with Crippen molar-refractivity contribution in [1.82, 2.24) is 20.2 Å². The summed E-state index contributed by atoms with van der Waals surface area (Å²) < 4.78 is 0. The number of aromatic nitrogens is 4. The highest BCUT2D eigenvalue weighted by Crippen LogP contribution is 2.24. The molecule has 0 radical (unpaired) electrons. The zero-order valence-electron chi connectivity index (χ0n) is 14.9. The second kappa shape index (κ2) is 6.44. The van der Waals surface area contributed by atoms with Gasteiger partial charge < -0.3 is 9.88 Å². The number of nitrogens with one attached hydrogen (secondary N) is 2. The van der Waals surface area contributed by atoms with Crippen LogP contribution in [0.2, 0.25) is 0 Å². The molecule has 0 saturated heterocycles. The minimum atomic E-state index is 0.350. The first-order chi connectivity index (χ1) is 12.6. The first-order valence-electron chi connectivity index (χ1n) is 8.30. The number of hydrogen-bond donors (Lipinski definition) is 2. The van der Waals surface area contributed by atoms with Crippen LogP contribution in [0, 0.1) is 6.92 Å². The van der Waals surface area contributed by atoms with E-state index in [0.29, 0.717) is 11.6 Å². The molecule has 7 heteroatoms. The fourth-order valence-electron chi connectivity index (χ4n) is 2.81. The number of hydrogen-bond acceptors (Lipinski definition) is 6. The molecule has 2 aromatic heterocycles. The Bertz CT molecular complexity index is 1090. The fraction of sp³-hybridized carbons (Fsp3) is 0.158. The maximum absolute atomic E-state index is 4.46. The van der Waals surface area contributed by atoms with Crippen LogP contribution < -0.4 is 10.3 Å². The highest BCUT2D eigenvalue weighted by Gasteiger charge is 2.09. The second-order valence-corrected chi connectivity index (χ2v) is 6.31. The van der Waals surface area contributed by atoms with Gasteiger partial charge in [-0.25, -0.2) is 5.43 Å². The van der Waals surface area contributed by atoms with Gasteiger partial charge in [0.15, 0.2) is 5.65 Å². The number of para-hydroxylation sites is 1. The predicted octanol–water partition coefficient (Wildman–Crippen LogP) is 3.33. The van der Waals surface area contributed by atoms with Crippen molar-refractivity contribution in [1.29, 1.82) is 0 Å². The Morgan fingerprint density at radius 2 is 1.88 bits per heavy atom. The Balaban J connectivity index is 1.55. The van der Waals surface area contributed by atoms with E-state index in [1.807, 2.05) is 50.5 Å². The number of H-pyrrole nitrogens is 1. The van der Waals surface area contributed by atoms with Gasteiger partial charge in [0.1, 0.15) is 5.52 Å². The molecule has 0 aliphatic heterocycles. The Morgan fingerprint density at radius 3 is 2.65 bits per heavy atom. The topological polar surface area (TPSA) is 82.1 Å². The van der Waals surface area contributed by atoms with Gasteiger partial charge in [-0.05, 0) is 30.2 Å². The molecule has 0 atom stereocenters. The van der Waals surface area contributed by atoms with Crippen LogP contribution in [0.1, 0.15) is 11.1 Å². The van der Waals surface area contributed by atoms with E-state index >= 15 is 0 Å². The monoisotopic (exact) mass is 345 g/mol. The Kier molecular flexibility index (Phi) is 3.96. The van der Waals surface area contributed by atoms with Gasteiger partial charge >= 0.3 is 0 Å². The van der Waals surface area contributed by atoms with Crippen LogP contribution in [0.4, 0.5) is 11.6 Å². The van der Waals surface area contributed by atoms with Crippen LogP contribution in [-0.4, -0.2) is 40.5 Å². The summed E-state index contributed by atoms with van der Waals surface area (Å²) in [6.45, 7) is 2.05. The molecule has 7 nitrogen and oxygen atoms in total. The summed E-state index contributed by atoms with van der Waals surface area (Å²) in [7, 11) is 4.02. The number of fused-ring (bicyclic) bond motifs is 3. The third-order valence-electron chi connectivity index (χ3n) is 4.25. The average Bonchev–Trinajstić information content (AvgIpc) is 3.01. The molecule has 2 N–H and O–H groups in total. The van der Waals surface area contributed by atoms with Crippen LogP contribution in [0.25, 0.3) is 22.1 Å². The molecule has 130 valence electrons. The average molecular weight is 345 g/mol. The van der Waals surface area contributed by atoms with E-state index in [-0.39, 0.29) is 0 Å². The third kappa shape index (κ3) is 2.95. The lowest BCUT2D eigenvalue weighted by molar-refractivity contribution is 1.01. The van der Waals surface area contributed by atoms with Crippen LogP contribution in [0.3, 0.4) is 0 Å². The van der Waals surface area contributed by atoms with Crippen molar-refractivity contribution in [3.05, 3.63) is 53.6 Å². The number of rotatable bonds is 4. The van der Waals surface area contributed by atoms with Gasteiger partial charge in [0.2, 0.25) is 0 Å². The fourth-order valence-corrected chi connectivity index (χ4v) is 2.81. The summed E-state index contributed by atoms with van der Waals surface area (Å²) in [5, 5.41) is 13.6. The van der Waals surface area contributed by atoms with Gasteiger partial charge in [-0.2, -0.15) is 10.1 Å². The molecule has 4 aromatic rings. The highest BCUT2D eigenvalue weighted by molar-refractivity contribution is 6.04. The van der Waals surface area contributed by atoms with E-state index in [1.54, 1.807) is 6.21 Å². The Hall–Kier alpha value is -3.48. The minimum absolute atomic E-state index is 0.350. The standard InChI is InChI=1S/C19H19N7/c1-12-5-4-6-15-16(12)21-18-17(15)23-25-19(22-18)24-20-11-13-7-9-14(10-8-13)26(2)3/h4-11H,1-3H3,(H2,21,22,24,25)/b20-11-. The summed E-state index contributed by atoms with van der Waals surface area (Å²) in [6, 6.07) is 14.2. The second-order valence-electron chi connectivity index (χ2n) is 6.31. The third-order valence-corrected chi connectivity index (χ3v) is 4.25. The molecule has 4 rings (SSSR count). The van der Waals surface area contributed by atoms with Crippen LogP contribution in [0.15, 0.2) is 47.6 Å². The quantitative estimate of drug-likeness (QED) is 0.438. The van der Waals surface area contributed by atoms with Crippen molar-refractivity contribution in [2.75, 3.05) is 24.4 Å². The van der Waals surface area contributed by atoms with Gasteiger partial charge in [-0.1, -0.05) is 30.3 Å². The largest absolute Gasteiger partial charge is 0.378 e. The molecule has 0 fully saturated rings. The maximum atomic E-state index is 4.46. The first-order valence-corrected chi connectivity index (χ1v) is 8.30. The summed E-state index contributed by atoms with van der Waals surface area (Å²) >= 11 is 0. The summed E-state index contributed by atoms with van der Waals surface area (Å²) in [4.78, 5) is 9.81. The van der Waals surface area contributed by atoms with E-state index in [2.05, 4.69) is 48.6 Å². The molecule has 0 spiro atoms. The summed E-state index contributed by atoms with van der Waals surface area (Å²) in [6.07, 6.45) is 1.72. The number of aryl methyl sites for hydroxylation is 1. The minimum Gasteiger partial charge on any atom is -0.378 e. The Morgan fingerprint density at radius 1 is 1.08 bits per heavy atom. The molecule has 0 saturated carbocycles. The molecule has 2 aromatic carbocycles. The lowest BCUT2D eigenvalue weighted by atomic mass is 10.1. The smallest absolute Gasteiger partial charge is 0.265 e. The zero-order valence-corrected chi connectivity index (χ0v) is 14.9. The van der Waals surface area contributed by atoms with Crippen molar-refractivity contribution >= 4 is 39.9 Å². The SMILES string of the molecule is Cc1cccc2c1[nH]c1nc(N/N=C\c3ccc(N(C)C)cc3)nnc12. The van der Waals surface area contributed by atoms with E-state index in [0.717, 1.165) is 33.2 Å². The number of hydrazone groups is 1. The van der Waals surface area contributed by atoms with E-state index in [1.165, 1.54) is 0 Å². The van der Waals surface area contributed by atoms with Crippen molar-refractivity contribution < 1.29 is 0 Å². The summed E-state index contributed by atoms with van der Waals surface area (Å²) in [5.74, 6) is 0.350. The number of nitrogens with zero attached hydrogens (tertiary/aromatic N) is 5. The van der Waals surface area contributed by atoms with Gasteiger partial charge in [0.25, 0.3) is 5.95 Å². The molecule has 0 bridgehead atoms. The predicted molar refractivity (Wildman–Crippen MR) is 106 cm³/mol. The van der Waals surface area contributed by atoms with E-state index < -0.39 is 0 Å². The highest BCUT2D eigenvalue weighted by atomic mass is 15.4. The van der Waals surface area contributed by atoms with Gasteiger partial charge in [-0.15, -0.1) is 10.2 Å². The zero-order chi connectivity index (χ0) is 18.1. The molecular formula is C19H19N7. The van der Waals surface area contributed by atoms with Crippen molar-refractivity contribution in [2.24, 2.45) is 5.10 Å². The van der Waals surface area contributed by atoms with Gasteiger partial charge in [0.05, 0.1) is 11.7 Å². The molecule has 0 aliphatic carbocycles. The Labute approximate surface area is 150 Å². The van der Waals surface area contributed by atoms with E-state index in [9.17, 15) is 0 Å². The van der Waals surface area contributed by atoms with Crippen molar-refractivity contribution in [2.45, 2.75) is 6.92 Å². The number of aromatic amines is 1. The van der Waals surface area contributed by atoms with Crippen molar-refractivity contribution in [3.63, 3.8) is 0 Å². The number of benzene rings is 2. The molecule has 0 aliphatic rings. The lowest BCUT2D eigenvalue weighted by Crippen LogP contribution is -2.08. The molecule has 0 unspecified atom stereocenters. The van der Waals surface area contributed by atoms with Crippen LogP contribution in [0.5, 0.6) is 0 Å². The summed E-state index contributed by atoms with van der Waals surface area (Å²) in [5.41, 5.74) is 8.60.